The number of likely N-dealkylation sites (tertiary alicyclic amines) is 1. The van der Waals surface area contributed by atoms with Crippen LogP contribution in [0.15, 0.2) is 0 Å². The van der Waals surface area contributed by atoms with Crippen molar-refractivity contribution >= 4 is 6.03 Å². The molecule has 0 N–H and O–H groups in total. The van der Waals surface area contributed by atoms with Crippen molar-refractivity contribution in [1.82, 2.24) is 9.80 Å². The second-order valence-electron chi connectivity index (χ2n) is 5.04. The first-order valence-electron chi connectivity index (χ1n) is 6.64. The van der Waals surface area contributed by atoms with Crippen LogP contribution in [-0.2, 0) is 4.74 Å². The Morgan fingerprint density at radius 2 is 2.06 bits per heavy atom. The predicted molar refractivity (Wildman–Crippen MR) is 69.1 cm³/mol. The minimum absolute atomic E-state index is 0.150. The van der Waals surface area contributed by atoms with E-state index >= 15 is 0 Å². The summed E-state index contributed by atoms with van der Waals surface area (Å²) in [5, 5.41) is 0. The van der Waals surface area contributed by atoms with Gasteiger partial charge in [-0.3, -0.25) is 0 Å². The third-order valence-electron chi connectivity index (χ3n) is 3.58. The molecule has 17 heavy (non-hydrogen) atoms. The van der Waals surface area contributed by atoms with E-state index < -0.39 is 0 Å². The number of likely N-dealkylation sites (N-methyl/N-ethyl adjacent to an activating group) is 1. The summed E-state index contributed by atoms with van der Waals surface area (Å²) < 4.78 is 5.13. The van der Waals surface area contributed by atoms with Gasteiger partial charge in [-0.2, -0.15) is 0 Å². The van der Waals surface area contributed by atoms with E-state index in [0.717, 1.165) is 38.4 Å². The quantitative estimate of drug-likeness (QED) is 0.757. The molecule has 0 radical (unpaired) electrons. The van der Waals surface area contributed by atoms with Gasteiger partial charge in [0.15, 0.2) is 0 Å². The van der Waals surface area contributed by atoms with E-state index in [0.29, 0.717) is 6.61 Å². The normalized spacial score (nSPS) is 19.2. The Labute approximate surface area is 105 Å². The largest absolute Gasteiger partial charge is 0.383 e. The van der Waals surface area contributed by atoms with E-state index in [9.17, 15) is 4.79 Å². The zero-order valence-electron chi connectivity index (χ0n) is 11.6. The molecule has 4 nitrogen and oxygen atoms in total. The zero-order chi connectivity index (χ0) is 12.8. The van der Waals surface area contributed by atoms with E-state index in [-0.39, 0.29) is 12.1 Å². The fraction of sp³-hybridized carbons (Fsp3) is 0.923. The zero-order valence-corrected chi connectivity index (χ0v) is 11.6. The number of piperidine rings is 1. The topological polar surface area (TPSA) is 32.8 Å². The molecule has 0 aliphatic carbocycles. The van der Waals surface area contributed by atoms with Gasteiger partial charge in [0.05, 0.1) is 12.6 Å². The fourth-order valence-corrected chi connectivity index (χ4v) is 2.35. The summed E-state index contributed by atoms with van der Waals surface area (Å²) in [5.41, 5.74) is 0. The van der Waals surface area contributed by atoms with Crippen LogP contribution in [-0.4, -0.2) is 55.2 Å². The lowest BCUT2D eigenvalue weighted by molar-refractivity contribution is 0.0879. The van der Waals surface area contributed by atoms with Crippen LogP contribution in [0.1, 0.15) is 33.6 Å². The average Bonchev–Trinajstić information content (AvgIpc) is 2.31. The molecule has 1 aliphatic heterocycles. The van der Waals surface area contributed by atoms with Crippen molar-refractivity contribution in [2.45, 2.75) is 39.7 Å². The van der Waals surface area contributed by atoms with Crippen LogP contribution >= 0.6 is 0 Å². The highest BCUT2D eigenvalue weighted by molar-refractivity contribution is 5.74. The first-order valence-corrected chi connectivity index (χ1v) is 6.64. The summed E-state index contributed by atoms with van der Waals surface area (Å²) in [7, 11) is 1.68. The van der Waals surface area contributed by atoms with Crippen LogP contribution in [0.3, 0.4) is 0 Å². The molecular weight excluding hydrogens is 216 g/mol. The summed E-state index contributed by atoms with van der Waals surface area (Å²) in [6.07, 6.45) is 2.25. The molecule has 1 atom stereocenters. The molecule has 0 spiro atoms. The fourth-order valence-electron chi connectivity index (χ4n) is 2.35. The van der Waals surface area contributed by atoms with E-state index in [1.807, 2.05) is 23.6 Å². The van der Waals surface area contributed by atoms with Crippen LogP contribution in [0.4, 0.5) is 4.79 Å². The molecule has 0 bridgehead atoms. The van der Waals surface area contributed by atoms with Gasteiger partial charge < -0.3 is 14.5 Å². The summed E-state index contributed by atoms with van der Waals surface area (Å²) in [4.78, 5) is 16.2. The van der Waals surface area contributed by atoms with Gasteiger partial charge in [-0.1, -0.05) is 6.92 Å². The third kappa shape index (κ3) is 3.87. The SMILES string of the molecule is CCN(C(=O)N1CCC(C)CC1)C(C)COC. The van der Waals surface area contributed by atoms with Crippen molar-refractivity contribution < 1.29 is 9.53 Å². The Kier molecular flexibility index (Phi) is 5.75. The van der Waals surface area contributed by atoms with Gasteiger partial charge in [0.25, 0.3) is 0 Å². The van der Waals surface area contributed by atoms with Gasteiger partial charge in [0.1, 0.15) is 0 Å². The van der Waals surface area contributed by atoms with Crippen molar-refractivity contribution in [3.05, 3.63) is 0 Å². The van der Waals surface area contributed by atoms with Gasteiger partial charge in [-0.05, 0) is 32.6 Å². The number of ether oxygens (including phenoxy) is 1. The molecule has 0 aromatic rings. The van der Waals surface area contributed by atoms with E-state index in [1.54, 1.807) is 7.11 Å². The highest BCUT2D eigenvalue weighted by Crippen LogP contribution is 2.18. The summed E-state index contributed by atoms with van der Waals surface area (Å²) in [6.45, 7) is 9.46. The number of hydrogen-bond acceptors (Lipinski definition) is 2. The maximum Gasteiger partial charge on any atom is 0.320 e. The van der Waals surface area contributed by atoms with Crippen LogP contribution in [0.25, 0.3) is 0 Å². The molecule has 4 heteroatoms. The molecule has 1 rings (SSSR count). The third-order valence-corrected chi connectivity index (χ3v) is 3.58. The summed E-state index contributed by atoms with van der Waals surface area (Å²) in [5.74, 6) is 0.755. The standard InChI is InChI=1S/C13H26N2O2/c1-5-15(12(3)10-17-4)13(16)14-8-6-11(2)7-9-14/h11-12H,5-10H2,1-4H3. The number of amides is 2. The monoisotopic (exact) mass is 242 g/mol. The van der Waals surface area contributed by atoms with E-state index in [1.165, 1.54) is 0 Å². The maximum atomic E-state index is 12.3. The molecular formula is C13H26N2O2. The van der Waals surface area contributed by atoms with E-state index in [2.05, 4.69) is 6.92 Å². The van der Waals surface area contributed by atoms with Crippen LogP contribution in [0.5, 0.6) is 0 Å². The number of rotatable bonds is 4. The molecule has 1 unspecified atom stereocenters. The molecule has 0 saturated carbocycles. The maximum absolute atomic E-state index is 12.3. The molecule has 0 aromatic heterocycles. The summed E-state index contributed by atoms with van der Waals surface area (Å²) >= 11 is 0. The van der Waals surface area contributed by atoms with Crippen molar-refractivity contribution in [3.63, 3.8) is 0 Å². The number of nitrogens with zero attached hydrogens (tertiary/aromatic N) is 2. The number of urea groups is 1. The molecule has 1 heterocycles. The number of methoxy groups -OCH3 is 1. The van der Waals surface area contributed by atoms with Crippen LogP contribution in [0, 0.1) is 5.92 Å². The van der Waals surface area contributed by atoms with Gasteiger partial charge in [-0.25, -0.2) is 4.79 Å². The number of carbonyl (C=O) groups is 1. The molecule has 1 aliphatic rings. The van der Waals surface area contributed by atoms with Gasteiger partial charge >= 0.3 is 6.03 Å². The van der Waals surface area contributed by atoms with Gasteiger partial charge in [0.2, 0.25) is 0 Å². The van der Waals surface area contributed by atoms with Crippen LogP contribution < -0.4 is 0 Å². The lowest BCUT2D eigenvalue weighted by Gasteiger charge is -2.37. The van der Waals surface area contributed by atoms with Crippen molar-refractivity contribution in [2.24, 2.45) is 5.92 Å². The lowest BCUT2D eigenvalue weighted by atomic mass is 9.99. The lowest BCUT2D eigenvalue weighted by Crippen LogP contribution is -2.50. The van der Waals surface area contributed by atoms with Crippen molar-refractivity contribution in [2.75, 3.05) is 33.4 Å². The molecule has 100 valence electrons. The second kappa shape index (κ2) is 6.84. The molecule has 1 saturated heterocycles. The highest BCUT2D eigenvalue weighted by Gasteiger charge is 2.26. The Morgan fingerprint density at radius 1 is 1.47 bits per heavy atom. The molecule has 1 fully saturated rings. The minimum Gasteiger partial charge on any atom is -0.383 e. The van der Waals surface area contributed by atoms with Crippen molar-refractivity contribution in [3.8, 4) is 0 Å². The average molecular weight is 242 g/mol. The Morgan fingerprint density at radius 3 is 2.53 bits per heavy atom. The smallest absolute Gasteiger partial charge is 0.320 e. The number of carbonyl (C=O) groups excluding carboxylic acids is 1. The Hall–Kier alpha value is -0.770. The minimum atomic E-state index is 0.150. The Bertz CT molecular complexity index is 238. The van der Waals surface area contributed by atoms with Crippen molar-refractivity contribution in [1.29, 1.82) is 0 Å². The Balaban J connectivity index is 2.53. The van der Waals surface area contributed by atoms with E-state index in [4.69, 9.17) is 4.74 Å². The first-order chi connectivity index (χ1) is 8.10. The predicted octanol–water partition coefficient (Wildman–Crippen LogP) is 2.20. The van der Waals surface area contributed by atoms with Gasteiger partial charge in [0, 0.05) is 26.7 Å². The van der Waals surface area contributed by atoms with Crippen LogP contribution in [0.2, 0.25) is 0 Å². The highest BCUT2D eigenvalue weighted by atomic mass is 16.5. The van der Waals surface area contributed by atoms with Gasteiger partial charge in [-0.15, -0.1) is 0 Å². The summed E-state index contributed by atoms with van der Waals surface area (Å²) in [6, 6.07) is 0.320. The first kappa shape index (κ1) is 14.3. The second-order valence-corrected chi connectivity index (χ2v) is 5.04. The molecule has 0 aromatic carbocycles. The molecule has 2 amide bonds. The number of hydrogen-bond donors (Lipinski definition) is 0.